The van der Waals surface area contributed by atoms with Gasteiger partial charge in [-0.2, -0.15) is 0 Å². The zero-order valence-corrected chi connectivity index (χ0v) is 12.8. The predicted octanol–water partition coefficient (Wildman–Crippen LogP) is 1.97. The quantitative estimate of drug-likeness (QED) is 0.748. The lowest BCUT2D eigenvalue weighted by Gasteiger charge is -2.14. The zero-order chi connectivity index (χ0) is 14.4. The second-order valence-electron chi connectivity index (χ2n) is 4.96. The zero-order valence-electron chi connectivity index (χ0n) is 12.0. The van der Waals surface area contributed by atoms with Crippen molar-refractivity contribution in [1.29, 1.82) is 0 Å². The number of nitrogens with one attached hydrogen (secondary N) is 2. The second-order valence-corrected chi connectivity index (χ2v) is 6.25. The Bertz CT molecular complexity index is 399. The van der Waals surface area contributed by atoms with E-state index in [0.717, 1.165) is 10.7 Å². The van der Waals surface area contributed by atoms with Crippen molar-refractivity contribution < 1.29 is 9.90 Å². The van der Waals surface area contributed by atoms with Crippen LogP contribution in [-0.4, -0.2) is 28.8 Å². The largest absolute Gasteiger partial charge is 0.393 e. The smallest absolute Gasteiger partial charge is 0.315 e. The van der Waals surface area contributed by atoms with Crippen LogP contribution in [0.25, 0.3) is 0 Å². The summed E-state index contributed by atoms with van der Waals surface area (Å²) in [4.78, 5) is 17.1. The van der Waals surface area contributed by atoms with Gasteiger partial charge in [0.15, 0.2) is 0 Å². The van der Waals surface area contributed by atoms with Crippen LogP contribution in [0.3, 0.4) is 0 Å². The van der Waals surface area contributed by atoms with Crippen molar-refractivity contribution in [2.45, 2.75) is 46.8 Å². The van der Waals surface area contributed by atoms with Crippen LogP contribution in [0, 0.1) is 19.8 Å². The van der Waals surface area contributed by atoms with Crippen LogP contribution in [0.2, 0.25) is 0 Å². The van der Waals surface area contributed by atoms with Crippen molar-refractivity contribution in [1.82, 2.24) is 15.6 Å². The number of carbonyl (C=O) groups excluding carboxylic acids is 1. The molecule has 0 spiro atoms. The number of hydrogen-bond donors (Lipinski definition) is 3. The molecule has 5 nitrogen and oxygen atoms in total. The molecule has 108 valence electrons. The molecular weight excluding hydrogens is 262 g/mol. The fourth-order valence-electron chi connectivity index (χ4n) is 1.50. The third-order valence-corrected chi connectivity index (χ3v) is 4.04. The fourth-order valence-corrected chi connectivity index (χ4v) is 2.37. The summed E-state index contributed by atoms with van der Waals surface area (Å²) in [6.07, 6.45) is 0.199. The van der Waals surface area contributed by atoms with Crippen LogP contribution < -0.4 is 10.6 Å². The summed E-state index contributed by atoms with van der Waals surface area (Å²) in [7, 11) is 0. The summed E-state index contributed by atoms with van der Waals surface area (Å²) in [5.74, 6) is 0.214. The van der Waals surface area contributed by atoms with Crippen LogP contribution in [0.4, 0.5) is 4.79 Å². The van der Waals surface area contributed by atoms with Crippen LogP contribution in [-0.2, 0) is 6.54 Å². The first-order valence-corrected chi connectivity index (χ1v) is 7.34. The molecule has 0 fully saturated rings. The Balaban J connectivity index is 2.21. The van der Waals surface area contributed by atoms with Gasteiger partial charge in [-0.15, -0.1) is 11.3 Å². The Morgan fingerprint density at radius 1 is 1.37 bits per heavy atom. The average molecular weight is 285 g/mol. The molecular formula is C13H23N3O2S. The maximum absolute atomic E-state index is 11.5. The lowest BCUT2D eigenvalue weighted by molar-refractivity contribution is 0.116. The minimum atomic E-state index is -0.371. The summed E-state index contributed by atoms with van der Waals surface area (Å²) in [5.41, 5.74) is 1.02. The van der Waals surface area contributed by atoms with Gasteiger partial charge in [-0.25, -0.2) is 9.78 Å². The minimum absolute atomic E-state index is 0.214. The van der Waals surface area contributed by atoms with Gasteiger partial charge in [0.25, 0.3) is 0 Å². The van der Waals surface area contributed by atoms with E-state index in [4.69, 9.17) is 0 Å². The summed E-state index contributed by atoms with van der Waals surface area (Å²) < 4.78 is 0. The Labute approximate surface area is 118 Å². The van der Waals surface area contributed by atoms with E-state index in [1.54, 1.807) is 11.3 Å². The molecule has 0 saturated carbocycles. The van der Waals surface area contributed by atoms with Gasteiger partial charge in [-0.3, -0.25) is 0 Å². The van der Waals surface area contributed by atoms with Crippen molar-refractivity contribution in [2.24, 2.45) is 5.92 Å². The van der Waals surface area contributed by atoms with Gasteiger partial charge in [-0.1, -0.05) is 13.8 Å². The van der Waals surface area contributed by atoms with Gasteiger partial charge in [0.1, 0.15) is 5.01 Å². The average Bonchev–Trinajstić information content (AvgIpc) is 2.66. The first-order chi connectivity index (χ1) is 8.90. The predicted molar refractivity (Wildman–Crippen MR) is 77.3 cm³/mol. The Kier molecular flexibility index (Phi) is 6.24. The number of rotatable bonds is 6. The van der Waals surface area contributed by atoms with Crippen molar-refractivity contribution in [2.75, 3.05) is 6.54 Å². The summed E-state index contributed by atoms with van der Waals surface area (Å²) in [6.45, 7) is 8.81. The number of aromatic nitrogens is 1. The van der Waals surface area contributed by atoms with Crippen LogP contribution in [0.15, 0.2) is 0 Å². The molecule has 0 aromatic carbocycles. The van der Waals surface area contributed by atoms with Gasteiger partial charge in [0.2, 0.25) is 0 Å². The van der Waals surface area contributed by atoms with Crippen LogP contribution in [0.5, 0.6) is 0 Å². The number of nitrogens with zero attached hydrogens (tertiary/aromatic N) is 1. The Morgan fingerprint density at radius 3 is 2.58 bits per heavy atom. The molecule has 1 aromatic rings. The van der Waals surface area contributed by atoms with E-state index >= 15 is 0 Å². The monoisotopic (exact) mass is 285 g/mol. The van der Waals surface area contributed by atoms with Crippen LogP contribution in [0.1, 0.15) is 35.8 Å². The van der Waals surface area contributed by atoms with E-state index in [1.165, 1.54) is 4.88 Å². The van der Waals surface area contributed by atoms with E-state index in [9.17, 15) is 9.90 Å². The number of aliphatic hydroxyl groups excluding tert-OH is 1. The molecule has 1 unspecified atom stereocenters. The van der Waals surface area contributed by atoms with E-state index in [1.807, 2.05) is 27.7 Å². The number of aliphatic hydroxyl groups is 1. The first-order valence-electron chi connectivity index (χ1n) is 6.52. The molecule has 0 aliphatic carbocycles. The van der Waals surface area contributed by atoms with Gasteiger partial charge >= 0.3 is 6.03 Å². The van der Waals surface area contributed by atoms with E-state index < -0.39 is 0 Å². The maximum Gasteiger partial charge on any atom is 0.315 e. The number of hydrogen-bond acceptors (Lipinski definition) is 4. The van der Waals surface area contributed by atoms with Crippen molar-refractivity contribution in [3.8, 4) is 0 Å². The third-order valence-electron chi connectivity index (χ3n) is 2.97. The summed E-state index contributed by atoms with van der Waals surface area (Å²) in [5, 5.41) is 16.0. The Hall–Kier alpha value is -1.14. The van der Waals surface area contributed by atoms with E-state index in [-0.39, 0.29) is 18.1 Å². The number of amides is 2. The molecule has 0 aliphatic rings. The molecule has 0 aliphatic heterocycles. The molecule has 1 heterocycles. The highest BCUT2D eigenvalue weighted by Crippen LogP contribution is 2.15. The van der Waals surface area contributed by atoms with Gasteiger partial charge in [-0.05, 0) is 26.2 Å². The summed E-state index contributed by atoms with van der Waals surface area (Å²) in [6, 6.07) is -0.221. The number of aryl methyl sites for hydroxylation is 2. The maximum atomic E-state index is 11.5. The summed E-state index contributed by atoms with van der Waals surface area (Å²) >= 11 is 1.60. The molecule has 6 heteroatoms. The molecule has 1 aromatic heterocycles. The number of thiazole rings is 1. The fraction of sp³-hybridized carbons (Fsp3) is 0.692. The molecule has 2 amide bonds. The topological polar surface area (TPSA) is 74.2 Å². The van der Waals surface area contributed by atoms with Crippen LogP contribution >= 0.6 is 11.3 Å². The molecule has 3 N–H and O–H groups in total. The first kappa shape index (κ1) is 15.9. The van der Waals surface area contributed by atoms with E-state index in [2.05, 4.69) is 15.6 Å². The highest BCUT2D eigenvalue weighted by Gasteiger charge is 2.10. The molecule has 0 radical (unpaired) electrons. The standard InChI is InChI=1S/C13H23N3O2S/c1-8(2)11(17)5-6-14-13(18)15-7-12-16-9(3)10(4)19-12/h8,11,17H,5-7H2,1-4H3,(H2,14,15,18). The van der Waals surface area contributed by atoms with Gasteiger partial charge < -0.3 is 15.7 Å². The minimum Gasteiger partial charge on any atom is -0.393 e. The lowest BCUT2D eigenvalue weighted by Crippen LogP contribution is -2.37. The van der Waals surface area contributed by atoms with E-state index in [0.29, 0.717) is 19.5 Å². The third kappa shape index (κ3) is 5.57. The Morgan fingerprint density at radius 2 is 2.05 bits per heavy atom. The van der Waals surface area contributed by atoms with Crippen molar-refractivity contribution >= 4 is 17.4 Å². The SMILES string of the molecule is Cc1nc(CNC(=O)NCCC(O)C(C)C)sc1C. The van der Waals surface area contributed by atoms with Gasteiger partial charge in [0, 0.05) is 11.4 Å². The van der Waals surface area contributed by atoms with Crippen molar-refractivity contribution in [3.63, 3.8) is 0 Å². The molecule has 0 bridgehead atoms. The van der Waals surface area contributed by atoms with Crippen molar-refractivity contribution in [3.05, 3.63) is 15.6 Å². The highest BCUT2D eigenvalue weighted by molar-refractivity contribution is 7.11. The number of carbonyl (C=O) groups is 1. The second kappa shape index (κ2) is 7.45. The molecule has 19 heavy (non-hydrogen) atoms. The lowest BCUT2D eigenvalue weighted by atomic mass is 10.0. The molecule has 1 atom stereocenters. The van der Waals surface area contributed by atoms with Gasteiger partial charge in [0.05, 0.1) is 18.3 Å². The molecule has 1 rings (SSSR count). The molecule has 0 saturated heterocycles. The number of urea groups is 1. The normalized spacial score (nSPS) is 12.5. The highest BCUT2D eigenvalue weighted by atomic mass is 32.1.